The molecule has 158 valence electrons. The number of benzene rings is 3. The molecule has 5 nitrogen and oxygen atoms in total. The lowest BCUT2D eigenvalue weighted by molar-refractivity contribution is -0.140. The highest BCUT2D eigenvalue weighted by atomic mass is 16.2. The van der Waals surface area contributed by atoms with Crippen molar-refractivity contribution in [3.8, 4) is 0 Å². The summed E-state index contributed by atoms with van der Waals surface area (Å²) in [6, 6.07) is 20.7. The quantitative estimate of drug-likeness (QED) is 0.577. The summed E-state index contributed by atoms with van der Waals surface area (Å²) < 4.78 is 0. The van der Waals surface area contributed by atoms with Crippen LogP contribution in [0, 0.1) is 5.41 Å². The molecule has 0 saturated heterocycles. The van der Waals surface area contributed by atoms with Gasteiger partial charge in [-0.2, -0.15) is 0 Å². The van der Waals surface area contributed by atoms with Crippen molar-refractivity contribution in [1.29, 1.82) is 0 Å². The molecule has 4 rings (SSSR count). The van der Waals surface area contributed by atoms with E-state index < -0.39 is 5.41 Å². The van der Waals surface area contributed by atoms with E-state index in [0.717, 1.165) is 10.9 Å². The number of rotatable bonds is 5. The fraction of sp³-hybridized carbons (Fsp3) is 0.269. The van der Waals surface area contributed by atoms with Crippen molar-refractivity contribution < 1.29 is 14.4 Å². The second-order valence-electron chi connectivity index (χ2n) is 8.93. The molecule has 1 heterocycles. The predicted molar refractivity (Wildman–Crippen MR) is 121 cm³/mol. The predicted octanol–water partition coefficient (Wildman–Crippen LogP) is 4.51. The molecular formula is C26H26N2O3. The van der Waals surface area contributed by atoms with Gasteiger partial charge in [0.2, 0.25) is 5.91 Å². The molecule has 0 aromatic heterocycles. The van der Waals surface area contributed by atoms with Crippen molar-refractivity contribution in [1.82, 2.24) is 9.80 Å². The molecule has 0 aliphatic carbocycles. The van der Waals surface area contributed by atoms with E-state index in [9.17, 15) is 14.4 Å². The first-order valence-corrected chi connectivity index (χ1v) is 10.5. The molecular weight excluding hydrogens is 388 g/mol. The van der Waals surface area contributed by atoms with E-state index in [4.69, 9.17) is 0 Å². The normalized spacial score (nSPS) is 13.6. The molecule has 3 amide bonds. The van der Waals surface area contributed by atoms with E-state index in [-0.39, 0.29) is 30.8 Å². The lowest BCUT2D eigenvalue weighted by atomic mass is 9.93. The second kappa shape index (κ2) is 7.99. The number of carbonyl (C=O) groups excluding carboxylic acids is 3. The van der Waals surface area contributed by atoms with Crippen LogP contribution in [0.25, 0.3) is 10.8 Å². The maximum atomic E-state index is 13.2. The summed E-state index contributed by atoms with van der Waals surface area (Å²) in [6.07, 6.45) is 0. The van der Waals surface area contributed by atoms with Crippen LogP contribution < -0.4 is 0 Å². The Bertz CT molecular complexity index is 1110. The van der Waals surface area contributed by atoms with Crippen LogP contribution in [0.4, 0.5) is 0 Å². The van der Waals surface area contributed by atoms with Gasteiger partial charge in [-0.05, 0) is 23.1 Å². The fourth-order valence-corrected chi connectivity index (χ4v) is 4.03. The molecule has 0 radical (unpaired) electrons. The molecule has 3 aromatic rings. The SMILES string of the molecule is CC(C)(C)C(=O)N(CCN1C(=O)c2cccc3cccc(c23)C1=O)Cc1ccccc1. The van der Waals surface area contributed by atoms with Gasteiger partial charge >= 0.3 is 0 Å². The van der Waals surface area contributed by atoms with Crippen molar-refractivity contribution in [2.45, 2.75) is 27.3 Å². The number of amides is 3. The zero-order chi connectivity index (χ0) is 22.2. The van der Waals surface area contributed by atoms with Gasteiger partial charge in [-0.3, -0.25) is 19.3 Å². The minimum atomic E-state index is -0.567. The third kappa shape index (κ3) is 3.96. The molecule has 0 bridgehead atoms. The third-order valence-corrected chi connectivity index (χ3v) is 5.59. The molecule has 5 heteroatoms. The van der Waals surface area contributed by atoms with E-state index in [2.05, 4.69) is 0 Å². The summed E-state index contributed by atoms with van der Waals surface area (Å²) >= 11 is 0. The highest BCUT2D eigenvalue weighted by Crippen LogP contribution is 2.30. The summed E-state index contributed by atoms with van der Waals surface area (Å²) in [5.74, 6) is -0.634. The third-order valence-electron chi connectivity index (χ3n) is 5.59. The Balaban J connectivity index is 1.60. The van der Waals surface area contributed by atoms with Crippen molar-refractivity contribution in [2.24, 2.45) is 5.41 Å². The van der Waals surface area contributed by atoms with E-state index in [1.807, 2.05) is 75.4 Å². The Morgan fingerprint density at radius 3 is 1.97 bits per heavy atom. The van der Waals surface area contributed by atoms with Gasteiger partial charge in [0.15, 0.2) is 0 Å². The summed E-state index contributed by atoms with van der Waals surface area (Å²) in [4.78, 5) is 42.4. The Kier molecular flexibility index (Phi) is 5.36. The summed E-state index contributed by atoms with van der Waals surface area (Å²) in [7, 11) is 0. The second-order valence-corrected chi connectivity index (χ2v) is 8.93. The minimum Gasteiger partial charge on any atom is -0.336 e. The van der Waals surface area contributed by atoms with Crippen LogP contribution in [0.1, 0.15) is 47.1 Å². The van der Waals surface area contributed by atoms with Crippen LogP contribution in [0.5, 0.6) is 0 Å². The van der Waals surface area contributed by atoms with Crippen LogP contribution in [0.2, 0.25) is 0 Å². The molecule has 0 saturated carbocycles. The van der Waals surface area contributed by atoms with E-state index in [1.165, 1.54) is 4.90 Å². The fourth-order valence-electron chi connectivity index (χ4n) is 4.03. The van der Waals surface area contributed by atoms with Crippen LogP contribution in [-0.2, 0) is 11.3 Å². The number of hydrogen-bond donors (Lipinski definition) is 0. The smallest absolute Gasteiger partial charge is 0.261 e. The van der Waals surface area contributed by atoms with E-state index in [0.29, 0.717) is 23.1 Å². The summed E-state index contributed by atoms with van der Waals surface area (Å²) in [5.41, 5.74) is 1.50. The minimum absolute atomic E-state index is 0.0178. The first-order valence-electron chi connectivity index (χ1n) is 10.5. The van der Waals surface area contributed by atoms with Crippen LogP contribution in [0.15, 0.2) is 66.7 Å². The number of nitrogens with zero attached hydrogens (tertiary/aromatic N) is 2. The summed E-state index contributed by atoms with van der Waals surface area (Å²) in [6.45, 7) is 6.49. The topological polar surface area (TPSA) is 57.7 Å². The Labute approximate surface area is 182 Å². The Morgan fingerprint density at radius 1 is 0.839 bits per heavy atom. The largest absolute Gasteiger partial charge is 0.336 e. The van der Waals surface area contributed by atoms with Crippen molar-refractivity contribution in [3.63, 3.8) is 0 Å². The van der Waals surface area contributed by atoms with Crippen LogP contribution >= 0.6 is 0 Å². The molecule has 3 aromatic carbocycles. The first kappa shape index (κ1) is 20.8. The maximum Gasteiger partial charge on any atom is 0.261 e. The highest BCUT2D eigenvalue weighted by molar-refractivity contribution is 6.25. The number of carbonyl (C=O) groups is 3. The highest BCUT2D eigenvalue weighted by Gasteiger charge is 2.34. The van der Waals surface area contributed by atoms with Gasteiger partial charge < -0.3 is 4.90 Å². The van der Waals surface area contributed by atoms with Crippen LogP contribution in [-0.4, -0.2) is 40.6 Å². The van der Waals surface area contributed by atoms with Gasteiger partial charge in [0, 0.05) is 41.6 Å². The lowest BCUT2D eigenvalue weighted by Crippen LogP contribution is -2.47. The van der Waals surface area contributed by atoms with Gasteiger partial charge in [-0.1, -0.05) is 75.4 Å². The van der Waals surface area contributed by atoms with Crippen LogP contribution in [0.3, 0.4) is 0 Å². The first-order chi connectivity index (χ1) is 14.8. The molecule has 0 unspecified atom stereocenters. The average Bonchev–Trinajstić information content (AvgIpc) is 2.76. The molecule has 0 atom stereocenters. The number of hydrogen-bond acceptors (Lipinski definition) is 3. The van der Waals surface area contributed by atoms with Crippen molar-refractivity contribution >= 4 is 28.5 Å². The maximum absolute atomic E-state index is 13.2. The van der Waals surface area contributed by atoms with Crippen molar-refractivity contribution in [2.75, 3.05) is 13.1 Å². The molecule has 31 heavy (non-hydrogen) atoms. The van der Waals surface area contributed by atoms with Gasteiger partial charge in [0.1, 0.15) is 0 Å². The monoisotopic (exact) mass is 414 g/mol. The molecule has 1 aliphatic heterocycles. The lowest BCUT2D eigenvalue weighted by Gasteiger charge is -2.33. The molecule has 0 spiro atoms. The average molecular weight is 415 g/mol. The zero-order valence-corrected chi connectivity index (χ0v) is 18.1. The van der Waals surface area contributed by atoms with Gasteiger partial charge in [0.25, 0.3) is 11.8 Å². The van der Waals surface area contributed by atoms with E-state index >= 15 is 0 Å². The van der Waals surface area contributed by atoms with Gasteiger partial charge in [-0.15, -0.1) is 0 Å². The van der Waals surface area contributed by atoms with E-state index in [1.54, 1.807) is 17.0 Å². The van der Waals surface area contributed by atoms with Crippen molar-refractivity contribution in [3.05, 3.63) is 83.4 Å². The Morgan fingerprint density at radius 2 is 1.42 bits per heavy atom. The Hall–Kier alpha value is -3.47. The molecule has 0 N–H and O–H groups in total. The van der Waals surface area contributed by atoms with Gasteiger partial charge in [-0.25, -0.2) is 0 Å². The number of imide groups is 1. The zero-order valence-electron chi connectivity index (χ0n) is 18.1. The summed E-state index contributed by atoms with van der Waals surface area (Å²) in [5, 5.41) is 1.59. The standard InChI is InChI=1S/C26H26N2O3/c1-26(2,3)25(31)27(17-18-9-5-4-6-10-18)15-16-28-23(29)20-13-7-11-19-12-8-14-21(22(19)20)24(28)30/h4-14H,15-17H2,1-3H3. The van der Waals surface area contributed by atoms with Gasteiger partial charge in [0.05, 0.1) is 0 Å². The molecule has 0 fully saturated rings. The molecule has 1 aliphatic rings.